The number of benzene rings is 1. The average Bonchev–Trinajstić information content (AvgIpc) is 3.52. The van der Waals surface area contributed by atoms with Crippen LogP contribution in [0.25, 0.3) is 11.3 Å². The lowest BCUT2D eigenvalue weighted by atomic mass is 9.81. The largest absolute Gasteiger partial charge is 0.475 e. The van der Waals surface area contributed by atoms with Gasteiger partial charge in [0.2, 0.25) is 17.7 Å². The van der Waals surface area contributed by atoms with Gasteiger partial charge in [-0.15, -0.1) is 0 Å². The fraction of sp³-hybridized carbons (Fsp3) is 0.483. The summed E-state index contributed by atoms with van der Waals surface area (Å²) in [5.41, 5.74) is 1.69. The molecule has 6 N–H and O–H groups in total. The third kappa shape index (κ3) is 9.12. The molecule has 0 aliphatic heterocycles. The van der Waals surface area contributed by atoms with Crippen molar-refractivity contribution in [2.45, 2.75) is 70.9 Å². The van der Waals surface area contributed by atoms with Crippen molar-refractivity contribution < 1.29 is 29.2 Å². The van der Waals surface area contributed by atoms with Crippen LogP contribution in [0.2, 0.25) is 0 Å². The van der Waals surface area contributed by atoms with E-state index < -0.39 is 55.3 Å². The Bertz CT molecular complexity index is 1190. The number of carbonyl (C=O) groups excluding carboxylic acids is 4. The lowest BCUT2D eigenvalue weighted by molar-refractivity contribution is -0.132. The summed E-state index contributed by atoms with van der Waals surface area (Å²) in [6, 6.07) is 12.8. The van der Waals surface area contributed by atoms with Gasteiger partial charge in [0.05, 0.1) is 18.2 Å². The molecule has 1 fully saturated rings. The highest BCUT2D eigenvalue weighted by Gasteiger charge is 2.36. The van der Waals surface area contributed by atoms with E-state index in [-0.39, 0.29) is 17.5 Å². The first-order valence-corrected chi connectivity index (χ1v) is 14.2. The molecule has 1 aliphatic rings. The highest BCUT2D eigenvalue weighted by atomic mass is 16.4. The van der Waals surface area contributed by atoms with Gasteiger partial charge in [0.15, 0.2) is 0 Å². The second kappa shape index (κ2) is 15.3. The molecule has 0 saturated heterocycles. The van der Waals surface area contributed by atoms with Crippen LogP contribution >= 0.6 is 0 Å². The maximum absolute atomic E-state index is 13.6. The van der Waals surface area contributed by atoms with Crippen molar-refractivity contribution in [2.75, 3.05) is 6.54 Å². The lowest BCUT2D eigenvalue weighted by Gasteiger charge is -2.29. The van der Waals surface area contributed by atoms with Gasteiger partial charge in [-0.1, -0.05) is 69.5 Å². The quantitative estimate of drug-likeness (QED) is 0.198. The van der Waals surface area contributed by atoms with Crippen LogP contribution in [0, 0.1) is 11.8 Å². The summed E-state index contributed by atoms with van der Waals surface area (Å²) in [6.07, 6.45) is 4.00. The molecule has 1 saturated carbocycles. The fourth-order valence-electron chi connectivity index (χ4n) is 4.84. The van der Waals surface area contributed by atoms with E-state index in [9.17, 15) is 19.2 Å². The maximum Gasteiger partial charge on any atom is 0.475 e. The Kier molecular flexibility index (Phi) is 11.8. The number of amides is 4. The van der Waals surface area contributed by atoms with Gasteiger partial charge in [-0.05, 0) is 43.7 Å². The highest BCUT2D eigenvalue weighted by molar-refractivity contribution is 6.43. The van der Waals surface area contributed by atoms with E-state index >= 15 is 0 Å². The third-order valence-electron chi connectivity index (χ3n) is 7.54. The van der Waals surface area contributed by atoms with E-state index in [1.807, 2.05) is 50.2 Å². The molecular weight excluding hydrogens is 525 g/mol. The standard InChI is InChI=1S/C29H40BN5O6/c1-4-18(2)25(28(38)31-17-24(36)32-19(3)30(40)41)34-29(39)26(21-13-8-9-14-21)35-27(37)23-16-10-15-22(33-23)20-11-6-5-7-12-20/h5-7,10-12,15-16,18-19,21,25-26,40-41H,4,8-9,13-14,17H2,1-3H3,(H,31,38)(H,32,36)(H,34,39)(H,35,37)/t18-,19-,25-,26-/m0/s1. The van der Waals surface area contributed by atoms with Crippen LogP contribution in [0.3, 0.4) is 0 Å². The highest BCUT2D eigenvalue weighted by Crippen LogP contribution is 2.28. The van der Waals surface area contributed by atoms with E-state index in [1.54, 1.807) is 12.1 Å². The van der Waals surface area contributed by atoms with Crippen molar-refractivity contribution in [3.05, 3.63) is 54.2 Å². The minimum absolute atomic E-state index is 0.0888. The Morgan fingerprint density at radius 1 is 0.927 bits per heavy atom. The lowest BCUT2D eigenvalue weighted by Crippen LogP contribution is -2.58. The maximum atomic E-state index is 13.6. The van der Waals surface area contributed by atoms with Crippen LogP contribution in [0.1, 0.15) is 63.4 Å². The zero-order valence-corrected chi connectivity index (χ0v) is 23.8. The number of hydrogen-bond donors (Lipinski definition) is 6. The second-order valence-electron chi connectivity index (χ2n) is 10.6. The van der Waals surface area contributed by atoms with Gasteiger partial charge in [0, 0.05) is 5.56 Å². The van der Waals surface area contributed by atoms with Crippen molar-refractivity contribution in [1.82, 2.24) is 26.3 Å². The molecule has 0 bridgehead atoms. The molecule has 41 heavy (non-hydrogen) atoms. The smallest absolute Gasteiger partial charge is 0.426 e. The minimum Gasteiger partial charge on any atom is -0.426 e. The Morgan fingerprint density at radius 3 is 2.24 bits per heavy atom. The number of hydrogen-bond acceptors (Lipinski definition) is 7. The normalized spacial score (nSPS) is 16.1. The summed E-state index contributed by atoms with van der Waals surface area (Å²) in [6.45, 7) is 4.72. The van der Waals surface area contributed by atoms with Gasteiger partial charge >= 0.3 is 7.12 Å². The molecule has 1 heterocycles. The van der Waals surface area contributed by atoms with E-state index in [4.69, 9.17) is 10.0 Å². The predicted molar refractivity (Wildman–Crippen MR) is 155 cm³/mol. The Balaban J connectivity index is 1.72. The number of pyridine rings is 1. The molecule has 11 nitrogen and oxygen atoms in total. The van der Waals surface area contributed by atoms with Crippen LogP contribution in [0.4, 0.5) is 0 Å². The van der Waals surface area contributed by atoms with Crippen molar-refractivity contribution in [3.63, 3.8) is 0 Å². The van der Waals surface area contributed by atoms with Gasteiger partial charge in [-0.25, -0.2) is 4.98 Å². The summed E-state index contributed by atoms with van der Waals surface area (Å²) < 4.78 is 0. The SMILES string of the molecule is CC[C@H](C)[C@H](NC(=O)[C@@H](NC(=O)c1cccc(-c2ccccc2)n1)C1CCCC1)C(=O)NCC(=O)N[C@@H](C)B(O)O. The van der Waals surface area contributed by atoms with Gasteiger partial charge in [0.1, 0.15) is 17.8 Å². The van der Waals surface area contributed by atoms with E-state index in [0.29, 0.717) is 12.1 Å². The monoisotopic (exact) mass is 565 g/mol. The first kappa shape index (κ1) is 31.8. The Hall–Kier alpha value is -3.77. The summed E-state index contributed by atoms with van der Waals surface area (Å²) in [7, 11) is -1.74. The molecule has 1 aliphatic carbocycles. The van der Waals surface area contributed by atoms with E-state index in [2.05, 4.69) is 26.3 Å². The minimum atomic E-state index is -1.74. The third-order valence-corrected chi connectivity index (χ3v) is 7.54. The van der Waals surface area contributed by atoms with Crippen LogP contribution in [-0.2, 0) is 14.4 Å². The predicted octanol–water partition coefficient (Wildman–Crippen LogP) is 1.20. The first-order valence-electron chi connectivity index (χ1n) is 14.2. The average molecular weight is 565 g/mol. The number of nitrogens with zero attached hydrogens (tertiary/aromatic N) is 1. The molecule has 4 amide bonds. The molecule has 1 aromatic heterocycles. The van der Waals surface area contributed by atoms with Crippen LogP contribution in [0.15, 0.2) is 48.5 Å². The molecule has 220 valence electrons. The Labute approximate surface area is 241 Å². The zero-order valence-electron chi connectivity index (χ0n) is 23.8. The zero-order chi connectivity index (χ0) is 29.9. The summed E-state index contributed by atoms with van der Waals surface area (Å²) in [5.74, 6) is -3.35. The summed E-state index contributed by atoms with van der Waals surface area (Å²) in [4.78, 5) is 56.6. The van der Waals surface area contributed by atoms with Gasteiger partial charge in [-0.3, -0.25) is 19.2 Å². The number of carbonyl (C=O) groups is 4. The fourth-order valence-corrected chi connectivity index (χ4v) is 4.84. The topological polar surface area (TPSA) is 170 Å². The summed E-state index contributed by atoms with van der Waals surface area (Å²) >= 11 is 0. The molecule has 2 aromatic rings. The molecular formula is C29H40BN5O6. The Morgan fingerprint density at radius 2 is 1.61 bits per heavy atom. The van der Waals surface area contributed by atoms with Gasteiger partial charge < -0.3 is 31.3 Å². The van der Waals surface area contributed by atoms with E-state index in [0.717, 1.165) is 31.2 Å². The number of rotatable bonds is 13. The summed E-state index contributed by atoms with van der Waals surface area (Å²) in [5, 5.41) is 28.9. The molecule has 0 unspecified atom stereocenters. The number of aromatic nitrogens is 1. The molecule has 12 heteroatoms. The van der Waals surface area contributed by atoms with Crippen molar-refractivity contribution >= 4 is 30.7 Å². The molecule has 3 rings (SSSR count). The van der Waals surface area contributed by atoms with Crippen molar-refractivity contribution in [3.8, 4) is 11.3 Å². The van der Waals surface area contributed by atoms with Crippen molar-refractivity contribution in [2.24, 2.45) is 11.8 Å². The molecule has 0 spiro atoms. The number of nitrogens with one attached hydrogen (secondary N) is 4. The van der Waals surface area contributed by atoms with Crippen molar-refractivity contribution in [1.29, 1.82) is 0 Å². The van der Waals surface area contributed by atoms with Crippen LogP contribution in [0.5, 0.6) is 0 Å². The van der Waals surface area contributed by atoms with Crippen LogP contribution in [-0.4, -0.2) is 70.3 Å². The van der Waals surface area contributed by atoms with E-state index in [1.165, 1.54) is 6.92 Å². The molecule has 1 aromatic carbocycles. The second-order valence-corrected chi connectivity index (χ2v) is 10.6. The molecule has 0 radical (unpaired) electrons. The van der Waals surface area contributed by atoms with Gasteiger partial charge in [-0.2, -0.15) is 0 Å². The van der Waals surface area contributed by atoms with Gasteiger partial charge in [0.25, 0.3) is 5.91 Å². The first-order chi connectivity index (χ1) is 19.6. The molecule has 4 atom stereocenters. The van der Waals surface area contributed by atoms with Crippen LogP contribution < -0.4 is 21.3 Å².